The van der Waals surface area contributed by atoms with Gasteiger partial charge < -0.3 is 4.74 Å². The van der Waals surface area contributed by atoms with Crippen molar-refractivity contribution in [3.63, 3.8) is 0 Å². The molecule has 2 unspecified atom stereocenters. The van der Waals surface area contributed by atoms with Crippen molar-refractivity contribution in [2.75, 3.05) is 19.7 Å². The zero-order valence-corrected chi connectivity index (χ0v) is 15.1. The number of hydrogen-bond donors (Lipinski definition) is 0. The lowest BCUT2D eigenvalue weighted by Gasteiger charge is -2.37. The van der Waals surface area contributed by atoms with Gasteiger partial charge in [-0.1, -0.05) is 67.1 Å². The van der Waals surface area contributed by atoms with E-state index >= 15 is 0 Å². The summed E-state index contributed by atoms with van der Waals surface area (Å²) in [5, 5.41) is 0. The number of benzene rings is 2. The highest BCUT2D eigenvalue weighted by molar-refractivity contribution is 5.16. The summed E-state index contributed by atoms with van der Waals surface area (Å²) in [6.45, 7) is 4.45. The maximum absolute atomic E-state index is 5.94. The van der Waals surface area contributed by atoms with Crippen LogP contribution < -0.4 is 0 Å². The summed E-state index contributed by atoms with van der Waals surface area (Å²) in [6, 6.07) is 21.7. The fourth-order valence-corrected chi connectivity index (χ4v) is 4.30. The first kappa shape index (κ1) is 16.8. The highest BCUT2D eigenvalue weighted by Crippen LogP contribution is 2.44. The SMILES string of the molecule is c1ccc(CCCCC2CN(Cc3ccccc3)CCC23CO3)cc1. The molecule has 132 valence electrons. The summed E-state index contributed by atoms with van der Waals surface area (Å²) < 4.78 is 5.94. The van der Waals surface area contributed by atoms with Gasteiger partial charge in [-0.15, -0.1) is 0 Å². The summed E-state index contributed by atoms with van der Waals surface area (Å²) in [6.07, 6.45) is 6.32. The fourth-order valence-electron chi connectivity index (χ4n) is 4.30. The van der Waals surface area contributed by atoms with E-state index in [9.17, 15) is 0 Å². The first-order chi connectivity index (χ1) is 12.3. The molecule has 2 heteroatoms. The van der Waals surface area contributed by atoms with Crippen LogP contribution >= 0.6 is 0 Å². The van der Waals surface area contributed by atoms with Crippen molar-refractivity contribution in [2.45, 2.75) is 44.2 Å². The molecule has 0 aliphatic carbocycles. The molecule has 0 amide bonds. The Kier molecular flexibility index (Phi) is 5.19. The Hall–Kier alpha value is -1.64. The molecule has 2 fully saturated rings. The molecule has 2 saturated heterocycles. The van der Waals surface area contributed by atoms with Gasteiger partial charge in [0.25, 0.3) is 0 Å². The Balaban J connectivity index is 1.27. The van der Waals surface area contributed by atoms with E-state index < -0.39 is 0 Å². The van der Waals surface area contributed by atoms with Crippen LogP contribution in [0.5, 0.6) is 0 Å². The Morgan fingerprint density at radius 1 is 0.920 bits per heavy atom. The van der Waals surface area contributed by atoms with Crippen molar-refractivity contribution in [3.8, 4) is 0 Å². The molecule has 2 atom stereocenters. The van der Waals surface area contributed by atoms with E-state index in [1.807, 2.05) is 0 Å². The Labute approximate surface area is 151 Å². The molecule has 2 aromatic rings. The summed E-state index contributed by atoms with van der Waals surface area (Å²) in [5.74, 6) is 0.709. The molecule has 25 heavy (non-hydrogen) atoms. The largest absolute Gasteiger partial charge is 0.369 e. The van der Waals surface area contributed by atoms with E-state index in [1.165, 1.54) is 56.3 Å². The lowest BCUT2D eigenvalue weighted by Crippen LogP contribution is -2.44. The lowest BCUT2D eigenvalue weighted by molar-refractivity contribution is 0.0733. The second-order valence-electron chi connectivity index (χ2n) is 7.75. The molecule has 0 bridgehead atoms. The zero-order valence-electron chi connectivity index (χ0n) is 15.1. The quantitative estimate of drug-likeness (QED) is 0.539. The second kappa shape index (κ2) is 7.72. The molecule has 4 rings (SSSR count). The molecule has 0 saturated carbocycles. The van der Waals surface area contributed by atoms with Crippen molar-refractivity contribution in [2.24, 2.45) is 5.92 Å². The number of epoxide rings is 1. The third-order valence-electron chi connectivity index (χ3n) is 5.95. The lowest BCUT2D eigenvalue weighted by atomic mass is 9.82. The molecule has 2 aromatic carbocycles. The highest BCUT2D eigenvalue weighted by atomic mass is 16.6. The van der Waals surface area contributed by atoms with Crippen molar-refractivity contribution in [3.05, 3.63) is 71.8 Å². The van der Waals surface area contributed by atoms with Gasteiger partial charge in [0, 0.05) is 25.6 Å². The van der Waals surface area contributed by atoms with E-state index in [0.717, 1.165) is 13.2 Å². The van der Waals surface area contributed by atoms with Crippen LogP contribution in [-0.2, 0) is 17.7 Å². The van der Waals surface area contributed by atoms with Crippen molar-refractivity contribution < 1.29 is 4.74 Å². The van der Waals surface area contributed by atoms with Crippen LogP contribution in [0.25, 0.3) is 0 Å². The predicted molar refractivity (Wildman–Crippen MR) is 103 cm³/mol. The van der Waals surface area contributed by atoms with Crippen molar-refractivity contribution in [1.82, 2.24) is 4.90 Å². The van der Waals surface area contributed by atoms with Crippen molar-refractivity contribution >= 4 is 0 Å². The van der Waals surface area contributed by atoms with Crippen LogP contribution in [0.4, 0.5) is 0 Å². The van der Waals surface area contributed by atoms with Gasteiger partial charge in [0.1, 0.15) is 0 Å². The van der Waals surface area contributed by atoms with E-state index in [1.54, 1.807) is 0 Å². The third kappa shape index (κ3) is 4.31. The molecule has 2 heterocycles. The van der Waals surface area contributed by atoms with Gasteiger partial charge in [0.05, 0.1) is 12.2 Å². The van der Waals surface area contributed by atoms with Gasteiger partial charge in [0.2, 0.25) is 0 Å². The Morgan fingerprint density at radius 2 is 1.60 bits per heavy atom. The monoisotopic (exact) mass is 335 g/mol. The van der Waals surface area contributed by atoms with E-state index in [2.05, 4.69) is 65.6 Å². The Bertz CT molecular complexity index is 650. The summed E-state index contributed by atoms with van der Waals surface area (Å²) >= 11 is 0. The van der Waals surface area contributed by atoms with E-state index in [0.29, 0.717) is 5.92 Å². The molecule has 0 radical (unpaired) electrons. The smallest absolute Gasteiger partial charge is 0.0968 e. The van der Waals surface area contributed by atoms with Crippen LogP contribution in [-0.4, -0.2) is 30.2 Å². The van der Waals surface area contributed by atoms with E-state index in [4.69, 9.17) is 4.74 Å². The summed E-state index contributed by atoms with van der Waals surface area (Å²) in [4.78, 5) is 2.63. The maximum Gasteiger partial charge on any atom is 0.0968 e. The number of unbranched alkanes of at least 4 members (excludes halogenated alkanes) is 1. The molecule has 2 aliphatic heterocycles. The number of piperidine rings is 1. The minimum absolute atomic E-state index is 0.236. The highest BCUT2D eigenvalue weighted by Gasteiger charge is 2.53. The number of likely N-dealkylation sites (tertiary alicyclic amines) is 1. The minimum atomic E-state index is 0.236. The van der Waals surface area contributed by atoms with Crippen LogP contribution in [0, 0.1) is 5.92 Å². The topological polar surface area (TPSA) is 15.8 Å². The molecule has 0 N–H and O–H groups in total. The average molecular weight is 335 g/mol. The number of hydrogen-bond acceptors (Lipinski definition) is 2. The predicted octanol–water partition coefficient (Wildman–Crippen LogP) is 4.69. The Morgan fingerprint density at radius 3 is 2.28 bits per heavy atom. The van der Waals surface area contributed by atoms with Gasteiger partial charge in [-0.05, 0) is 36.8 Å². The average Bonchev–Trinajstić information content (AvgIpc) is 3.44. The number of rotatable bonds is 7. The fraction of sp³-hybridized carbons (Fsp3) is 0.478. The zero-order chi connectivity index (χ0) is 17.0. The minimum Gasteiger partial charge on any atom is -0.369 e. The molecular formula is C23H29NO. The number of ether oxygens (including phenoxy) is 1. The van der Waals surface area contributed by atoms with Crippen LogP contribution in [0.3, 0.4) is 0 Å². The molecular weight excluding hydrogens is 306 g/mol. The standard InChI is InChI=1S/C23H29NO/c1-3-9-20(10-4-1)11-7-8-14-22-18-24(16-15-23(22)19-25-23)17-21-12-5-2-6-13-21/h1-6,9-10,12-13,22H,7-8,11,14-19H2. The first-order valence-electron chi connectivity index (χ1n) is 9.78. The first-order valence-corrected chi connectivity index (χ1v) is 9.78. The number of nitrogens with zero attached hydrogens (tertiary/aromatic N) is 1. The molecule has 2 nitrogen and oxygen atoms in total. The van der Waals surface area contributed by atoms with Gasteiger partial charge in [0.15, 0.2) is 0 Å². The van der Waals surface area contributed by atoms with Crippen LogP contribution in [0.2, 0.25) is 0 Å². The van der Waals surface area contributed by atoms with Gasteiger partial charge in [-0.2, -0.15) is 0 Å². The van der Waals surface area contributed by atoms with Crippen molar-refractivity contribution in [1.29, 1.82) is 0 Å². The molecule has 2 aliphatic rings. The molecule has 0 aromatic heterocycles. The normalized spacial score (nSPS) is 26.0. The second-order valence-corrected chi connectivity index (χ2v) is 7.75. The summed E-state index contributed by atoms with van der Waals surface area (Å²) in [7, 11) is 0. The third-order valence-corrected chi connectivity index (χ3v) is 5.95. The maximum atomic E-state index is 5.94. The van der Waals surface area contributed by atoms with Gasteiger partial charge >= 0.3 is 0 Å². The van der Waals surface area contributed by atoms with E-state index in [-0.39, 0.29) is 5.60 Å². The van der Waals surface area contributed by atoms with Crippen LogP contribution in [0.15, 0.2) is 60.7 Å². The van der Waals surface area contributed by atoms with Crippen LogP contribution in [0.1, 0.15) is 36.8 Å². The summed E-state index contributed by atoms with van der Waals surface area (Å²) in [5.41, 5.74) is 3.13. The number of aryl methyl sites for hydroxylation is 1. The van der Waals surface area contributed by atoms with Gasteiger partial charge in [-0.25, -0.2) is 0 Å². The van der Waals surface area contributed by atoms with Gasteiger partial charge in [-0.3, -0.25) is 4.90 Å². The molecule has 1 spiro atoms.